The Bertz CT molecular complexity index is 479. The maximum Gasteiger partial charge on any atom is 0.325 e. The van der Waals surface area contributed by atoms with Crippen LogP contribution in [-0.4, -0.2) is 22.2 Å². The molecule has 2 rings (SSSR count). The molecule has 17 heavy (non-hydrogen) atoms. The van der Waals surface area contributed by atoms with E-state index in [9.17, 15) is 19.8 Å². The highest BCUT2D eigenvalue weighted by Crippen LogP contribution is 2.36. The van der Waals surface area contributed by atoms with Crippen molar-refractivity contribution >= 4 is 30.4 Å². The summed E-state index contributed by atoms with van der Waals surface area (Å²) in [5.41, 5.74) is -0.846. The molecule has 4 nitrogen and oxygen atoms in total. The fourth-order valence-corrected chi connectivity index (χ4v) is 2.00. The van der Waals surface area contributed by atoms with Crippen LogP contribution in [0.4, 0.5) is 0 Å². The van der Waals surface area contributed by atoms with Gasteiger partial charge in [0, 0.05) is 0 Å². The molecule has 0 bridgehead atoms. The molecule has 0 aliphatic heterocycles. The Morgan fingerprint density at radius 2 is 1.71 bits per heavy atom. The van der Waals surface area contributed by atoms with Gasteiger partial charge in [0.25, 0.3) is 0 Å². The van der Waals surface area contributed by atoms with Gasteiger partial charge in [-0.15, -0.1) is 12.4 Å². The van der Waals surface area contributed by atoms with Crippen molar-refractivity contribution < 1.29 is 19.8 Å². The van der Waals surface area contributed by atoms with E-state index in [0.29, 0.717) is 11.1 Å². The van der Waals surface area contributed by atoms with E-state index in [1.165, 1.54) is 0 Å². The van der Waals surface area contributed by atoms with Gasteiger partial charge >= 0.3 is 11.9 Å². The number of carboxylic acids is 2. The van der Waals surface area contributed by atoms with Gasteiger partial charge in [-0.1, -0.05) is 36.4 Å². The summed E-state index contributed by atoms with van der Waals surface area (Å²) in [6.45, 7) is 0. The molecule has 0 fully saturated rings. The van der Waals surface area contributed by atoms with Gasteiger partial charge in [-0.3, -0.25) is 9.59 Å². The maximum atomic E-state index is 11.3. The largest absolute Gasteiger partial charge is 0.480 e. The molecule has 0 atom stereocenters. The number of halogens is 1. The topological polar surface area (TPSA) is 74.6 Å². The van der Waals surface area contributed by atoms with Crippen LogP contribution >= 0.6 is 12.4 Å². The molecule has 5 heteroatoms. The van der Waals surface area contributed by atoms with E-state index in [1.807, 2.05) is 0 Å². The first-order valence-corrected chi connectivity index (χ1v) is 4.82. The molecule has 1 aromatic rings. The summed E-state index contributed by atoms with van der Waals surface area (Å²) in [5.74, 6) is -2.64. The number of rotatable bonds is 2. The van der Waals surface area contributed by atoms with Gasteiger partial charge < -0.3 is 10.2 Å². The fourth-order valence-electron chi connectivity index (χ4n) is 2.00. The second-order valence-corrected chi connectivity index (χ2v) is 3.71. The highest BCUT2D eigenvalue weighted by molar-refractivity contribution is 6.06. The Kier molecular flexibility index (Phi) is 3.58. The van der Waals surface area contributed by atoms with Gasteiger partial charge in [-0.05, 0) is 17.5 Å². The first-order valence-electron chi connectivity index (χ1n) is 4.82. The Balaban J connectivity index is 0.00000144. The third-order valence-electron chi connectivity index (χ3n) is 2.87. The van der Waals surface area contributed by atoms with Crippen molar-refractivity contribution in [2.45, 2.75) is 11.8 Å². The molecule has 1 aliphatic carbocycles. The standard InChI is InChI=1S/C12H10O4.ClH/c13-10(14)12(11(15)16)7-3-5-8-4-1-2-6-9(8)12;/h1-6H,7H2,(H,13,14)(H,15,16);1H. The zero-order valence-corrected chi connectivity index (χ0v) is 9.61. The first-order chi connectivity index (χ1) is 7.59. The third-order valence-corrected chi connectivity index (χ3v) is 2.87. The van der Waals surface area contributed by atoms with Gasteiger partial charge in [0.15, 0.2) is 5.41 Å². The van der Waals surface area contributed by atoms with E-state index < -0.39 is 17.4 Å². The lowest BCUT2D eigenvalue weighted by molar-refractivity contribution is -0.157. The second-order valence-electron chi connectivity index (χ2n) is 3.71. The number of carboxylic acid groups (broad SMARTS) is 2. The Morgan fingerprint density at radius 1 is 1.12 bits per heavy atom. The molecule has 0 spiro atoms. The van der Waals surface area contributed by atoms with Crippen LogP contribution in [0.3, 0.4) is 0 Å². The summed E-state index contributed by atoms with van der Waals surface area (Å²) >= 11 is 0. The normalized spacial score (nSPS) is 15.5. The zero-order chi connectivity index (χ0) is 11.8. The number of aliphatic carboxylic acids is 2. The fraction of sp³-hybridized carbons (Fsp3) is 0.167. The van der Waals surface area contributed by atoms with Crippen molar-refractivity contribution in [3.63, 3.8) is 0 Å². The molecule has 0 saturated carbocycles. The summed E-state index contributed by atoms with van der Waals surface area (Å²) < 4.78 is 0. The first kappa shape index (κ1) is 13.3. The number of fused-ring (bicyclic) bond motifs is 1. The predicted octanol–water partition coefficient (Wildman–Crippen LogP) is 1.93. The Morgan fingerprint density at radius 3 is 2.29 bits per heavy atom. The smallest absolute Gasteiger partial charge is 0.325 e. The number of allylic oxidation sites excluding steroid dienone is 1. The lowest BCUT2D eigenvalue weighted by Crippen LogP contribution is -2.44. The number of hydrogen-bond acceptors (Lipinski definition) is 2. The molecular weight excluding hydrogens is 244 g/mol. The third kappa shape index (κ3) is 1.80. The van der Waals surface area contributed by atoms with E-state index in [0.717, 1.165) is 0 Å². The van der Waals surface area contributed by atoms with Crippen LogP contribution in [0.25, 0.3) is 6.08 Å². The van der Waals surface area contributed by atoms with Crippen LogP contribution in [0.15, 0.2) is 30.3 Å². The van der Waals surface area contributed by atoms with E-state index in [-0.39, 0.29) is 18.8 Å². The molecule has 1 aromatic carbocycles. The summed E-state index contributed by atoms with van der Waals surface area (Å²) in [4.78, 5) is 22.5. The monoisotopic (exact) mass is 254 g/mol. The molecule has 0 saturated heterocycles. The quantitative estimate of drug-likeness (QED) is 0.791. The van der Waals surface area contributed by atoms with Gasteiger partial charge in [0.2, 0.25) is 0 Å². The number of benzene rings is 1. The lowest BCUT2D eigenvalue weighted by Gasteiger charge is -2.28. The highest BCUT2D eigenvalue weighted by atomic mass is 35.5. The molecule has 90 valence electrons. The van der Waals surface area contributed by atoms with Crippen molar-refractivity contribution in [3.8, 4) is 0 Å². The van der Waals surface area contributed by atoms with E-state index in [2.05, 4.69) is 0 Å². The Labute approximate surface area is 104 Å². The SMILES string of the molecule is Cl.O=C(O)C1(C(=O)O)CC=Cc2ccccc21. The number of carbonyl (C=O) groups is 2. The maximum absolute atomic E-state index is 11.3. The highest BCUT2D eigenvalue weighted by Gasteiger charge is 2.49. The lowest BCUT2D eigenvalue weighted by atomic mass is 9.73. The summed E-state index contributed by atoms with van der Waals surface area (Å²) in [7, 11) is 0. The van der Waals surface area contributed by atoms with E-state index >= 15 is 0 Å². The van der Waals surface area contributed by atoms with Gasteiger partial charge in [-0.2, -0.15) is 0 Å². The molecule has 0 aromatic heterocycles. The average molecular weight is 255 g/mol. The van der Waals surface area contributed by atoms with Crippen LogP contribution < -0.4 is 0 Å². The summed E-state index contributed by atoms with van der Waals surface area (Å²) in [6, 6.07) is 6.67. The van der Waals surface area contributed by atoms with Crippen LogP contribution in [0.1, 0.15) is 17.5 Å². The van der Waals surface area contributed by atoms with Crippen LogP contribution in [0, 0.1) is 0 Å². The molecular formula is C12H11ClO4. The van der Waals surface area contributed by atoms with E-state index in [1.54, 1.807) is 36.4 Å². The van der Waals surface area contributed by atoms with Crippen molar-refractivity contribution in [2.75, 3.05) is 0 Å². The molecule has 0 amide bonds. The molecule has 1 aliphatic rings. The van der Waals surface area contributed by atoms with Crippen LogP contribution in [0.5, 0.6) is 0 Å². The molecule has 0 radical (unpaired) electrons. The Hall–Kier alpha value is -1.81. The van der Waals surface area contributed by atoms with Crippen molar-refractivity contribution in [1.82, 2.24) is 0 Å². The van der Waals surface area contributed by atoms with Crippen molar-refractivity contribution in [2.24, 2.45) is 0 Å². The van der Waals surface area contributed by atoms with Crippen molar-refractivity contribution in [1.29, 1.82) is 0 Å². The van der Waals surface area contributed by atoms with Gasteiger partial charge in [0.05, 0.1) is 0 Å². The van der Waals surface area contributed by atoms with Crippen LogP contribution in [-0.2, 0) is 15.0 Å². The van der Waals surface area contributed by atoms with Crippen LogP contribution in [0.2, 0.25) is 0 Å². The average Bonchev–Trinajstić information content (AvgIpc) is 2.27. The van der Waals surface area contributed by atoms with Crippen molar-refractivity contribution in [3.05, 3.63) is 41.5 Å². The molecule has 0 heterocycles. The minimum atomic E-state index is -1.84. The molecule has 2 N–H and O–H groups in total. The van der Waals surface area contributed by atoms with Gasteiger partial charge in [0.1, 0.15) is 0 Å². The summed E-state index contributed by atoms with van der Waals surface area (Å²) in [6.07, 6.45) is 3.32. The summed E-state index contributed by atoms with van der Waals surface area (Å²) in [5, 5.41) is 18.4. The predicted molar refractivity (Wildman–Crippen MR) is 64.3 cm³/mol. The second kappa shape index (κ2) is 4.59. The van der Waals surface area contributed by atoms with E-state index in [4.69, 9.17) is 0 Å². The minimum Gasteiger partial charge on any atom is -0.480 e. The molecule has 0 unspecified atom stereocenters. The van der Waals surface area contributed by atoms with Gasteiger partial charge in [-0.25, -0.2) is 0 Å². The zero-order valence-electron chi connectivity index (χ0n) is 8.79. The number of hydrogen-bond donors (Lipinski definition) is 2. The minimum absolute atomic E-state index is 0.